The summed E-state index contributed by atoms with van der Waals surface area (Å²) < 4.78 is 0. The van der Waals surface area contributed by atoms with Crippen molar-refractivity contribution in [1.29, 1.82) is 0 Å². The van der Waals surface area contributed by atoms with Crippen molar-refractivity contribution in [2.45, 2.75) is 55.6 Å². The number of fused-ring (bicyclic) bond motifs is 2. The standard InChI is InChI=1S/C25H31ClN2O3.C6H8O7/c1-27(2)24(31)19(13-18-14-20(29)7-8-22(18)26)16-28-11-9-25(10-12-28)21-6-4-3-5-17(21)15-23(25)30;7-3(8)1-6(13,5(11)12)2-4(9)10/h3-8,14,19,23,29-30H,9-13,15-16H2,1-2H3;13H,1-2H2,(H,7,8)(H,9,10)(H,11,12). The van der Waals surface area contributed by atoms with E-state index in [2.05, 4.69) is 23.1 Å². The van der Waals surface area contributed by atoms with E-state index in [0.29, 0.717) is 18.0 Å². The molecule has 4 rings (SSSR count). The molecule has 6 N–H and O–H groups in total. The van der Waals surface area contributed by atoms with Crippen molar-refractivity contribution in [3.63, 3.8) is 0 Å². The molecule has 2 aromatic rings. The van der Waals surface area contributed by atoms with Gasteiger partial charge in [-0.3, -0.25) is 14.4 Å². The predicted molar refractivity (Wildman–Crippen MR) is 160 cm³/mol. The zero-order chi connectivity index (χ0) is 32.8. The Kier molecular flexibility index (Phi) is 11.4. The zero-order valence-electron chi connectivity index (χ0n) is 24.6. The molecule has 44 heavy (non-hydrogen) atoms. The van der Waals surface area contributed by atoms with E-state index in [1.807, 2.05) is 6.07 Å². The highest BCUT2D eigenvalue weighted by Crippen LogP contribution is 2.46. The smallest absolute Gasteiger partial charge is 0.336 e. The molecule has 0 aromatic heterocycles. The highest BCUT2D eigenvalue weighted by Gasteiger charge is 2.47. The number of piperidine rings is 1. The van der Waals surface area contributed by atoms with Gasteiger partial charge in [-0.2, -0.15) is 0 Å². The molecule has 0 bridgehead atoms. The Morgan fingerprint density at radius 3 is 2.16 bits per heavy atom. The summed E-state index contributed by atoms with van der Waals surface area (Å²) in [5, 5.41) is 55.1. The van der Waals surface area contributed by atoms with Crippen LogP contribution in [0, 0.1) is 5.92 Å². The Morgan fingerprint density at radius 2 is 1.61 bits per heavy atom. The maximum atomic E-state index is 12.9. The molecule has 2 atom stereocenters. The van der Waals surface area contributed by atoms with Crippen LogP contribution in [-0.2, 0) is 37.4 Å². The number of carbonyl (C=O) groups is 4. The number of likely N-dealkylation sites (tertiary alicyclic amines) is 1. The molecule has 0 radical (unpaired) electrons. The number of aliphatic hydroxyl groups is 2. The van der Waals surface area contributed by atoms with Gasteiger partial charge in [0.1, 0.15) is 5.75 Å². The van der Waals surface area contributed by atoms with Crippen molar-refractivity contribution in [1.82, 2.24) is 9.80 Å². The minimum atomic E-state index is -2.74. The van der Waals surface area contributed by atoms with Crippen molar-refractivity contribution >= 4 is 35.4 Å². The first-order valence-corrected chi connectivity index (χ1v) is 14.5. The number of rotatable bonds is 10. The molecule has 1 saturated heterocycles. The van der Waals surface area contributed by atoms with E-state index in [1.165, 1.54) is 11.1 Å². The molecule has 2 aliphatic rings. The minimum absolute atomic E-state index is 0.0611. The Hall–Kier alpha value is -3.71. The number of hydrogen-bond donors (Lipinski definition) is 6. The quantitative estimate of drug-likeness (QED) is 0.224. The number of amides is 1. The fourth-order valence-electron chi connectivity index (χ4n) is 6.11. The molecule has 12 nitrogen and oxygen atoms in total. The average molecular weight is 635 g/mol. The van der Waals surface area contributed by atoms with Gasteiger partial charge in [0.25, 0.3) is 0 Å². The van der Waals surface area contributed by atoms with Crippen molar-refractivity contribution < 1.29 is 49.8 Å². The molecule has 1 amide bonds. The van der Waals surface area contributed by atoms with E-state index < -0.39 is 36.4 Å². The largest absolute Gasteiger partial charge is 0.508 e. The van der Waals surface area contributed by atoms with Gasteiger partial charge in [-0.1, -0.05) is 35.9 Å². The second-order valence-corrected chi connectivity index (χ2v) is 12.1. The molecule has 13 heteroatoms. The van der Waals surface area contributed by atoms with E-state index in [9.17, 15) is 29.4 Å². The second-order valence-electron chi connectivity index (χ2n) is 11.7. The van der Waals surface area contributed by atoms with Gasteiger partial charge in [0.2, 0.25) is 5.91 Å². The lowest BCUT2D eigenvalue weighted by Gasteiger charge is -2.43. The van der Waals surface area contributed by atoms with E-state index in [4.69, 9.17) is 32.0 Å². The minimum Gasteiger partial charge on any atom is -0.508 e. The van der Waals surface area contributed by atoms with Crippen molar-refractivity contribution in [2.24, 2.45) is 5.92 Å². The number of nitrogens with zero attached hydrogens (tertiary/aromatic N) is 2. The van der Waals surface area contributed by atoms with Crippen LogP contribution in [0.3, 0.4) is 0 Å². The molecule has 240 valence electrons. The normalized spacial score (nSPS) is 18.1. The van der Waals surface area contributed by atoms with Crippen LogP contribution in [0.25, 0.3) is 0 Å². The number of benzene rings is 2. The third-order valence-electron chi connectivity index (χ3n) is 8.40. The monoisotopic (exact) mass is 634 g/mol. The lowest BCUT2D eigenvalue weighted by atomic mass is 9.72. The van der Waals surface area contributed by atoms with Crippen LogP contribution < -0.4 is 0 Å². The third kappa shape index (κ3) is 8.26. The molecule has 1 heterocycles. The first-order valence-electron chi connectivity index (χ1n) is 14.1. The average Bonchev–Trinajstić information content (AvgIpc) is 3.21. The first-order chi connectivity index (χ1) is 20.6. The van der Waals surface area contributed by atoms with Gasteiger partial charge in [-0.15, -0.1) is 0 Å². The van der Waals surface area contributed by atoms with Crippen molar-refractivity contribution in [3.8, 4) is 5.75 Å². The topological polar surface area (TPSA) is 196 Å². The summed E-state index contributed by atoms with van der Waals surface area (Å²) in [6, 6.07) is 13.3. The summed E-state index contributed by atoms with van der Waals surface area (Å²) in [7, 11) is 3.55. The summed E-state index contributed by atoms with van der Waals surface area (Å²) in [5.41, 5.74) is 0.452. The number of phenolic OH excluding ortho intramolecular Hbond substituents is 1. The maximum absolute atomic E-state index is 12.9. The highest BCUT2D eigenvalue weighted by molar-refractivity contribution is 6.31. The molecule has 1 spiro atoms. The van der Waals surface area contributed by atoms with Crippen LogP contribution in [0.1, 0.15) is 42.4 Å². The number of carbonyl (C=O) groups excluding carboxylic acids is 1. The summed E-state index contributed by atoms with van der Waals surface area (Å²) in [6.07, 6.45) is 0.369. The maximum Gasteiger partial charge on any atom is 0.336 e. The van der Waals surface area contributed by atoms with E-state index >= 15 is 0 Å². The second kappa shape index (κ2) is 14.4. The van der Waals surface area contributed by atoms with Crippen LogP contribution in [-0.4, -0.2) is 110 Å². The fraction of sp³-hybridized carbons (Fsp3) is 0.484. The molecule has 1 fully saturated rings. The number of aliphatic carboxylic acids is 3. The van der Waals surface area contributed by atoms with E-state index in [-0.39, 0.29) is 29.1 Å². The summed E-state index contributed by atoms with van der Waals surface area (Å²) in [6.45, 7) is 2.32. The highest BCUT2D eigenvalue weighted by atomic mass is 35.5. The van der Waals surface area contributed by atoms with Crippen LogP contribution in [0.2, 0.25) is 5.02 Å². The Morgan fingerprint density at radius 1 is 1.02 bits per heavy atom. The van der Waals surface area contributed by atoms with Gasteiger partial charge in [-0.25, -0.2) is 4.79 Å². The summed E-state index contributed by atoms with van der Waals surface area (Å²) >= 11 is 6.34. The molecule has 2 aromatic carbocycles. The number of carboxylic acids is 3. The first kappa shape index (κ1) is 34.8. The number of aliphatic hydroxyl groups excluding tert-OH is 1. The van der Waals surface area contributed by atoms with Crippen LogP contribution in [0.4, 0.5) is 0 Å². The van der Waals surface area contributed by atoms with Crippen molar-refractivity contribution in [2.75, 3.05) is 33.7 Å². The number of aromatic hydroxyl groups is 1. The van der Waals surface area contributed by atoms with Gasteiger partial charge in [0, 0.05) is 31.1 Å². The number of carboxylic acid groups (broad SMARTS) is 3. The lowest BCUT2D eigenvalue weighted by Crippen LogP contribution is -2.49. The number of phenols is 1. The zero-order valence-corrected chi connectivity index (χ0v) is 25.4. The summed E-state index contributed by atoms with van der Waals surface area (Å²) in [5.74, 6) is -5.05. The number of halogens is 1. The van der Waals surface area contributed by atoms with Gasteiger partial charge in [0.15, 0.2) is 5.60 Å². The number of hydrogen-bond acceptors (Lipinski definition) is 8. The van der Waals surface area contributed by atoms with Crippen LogP contribution >= 0.6 is 11.6 Å². The Balaban J connectivity index is 0.000000345. The van der Waals surface area contributed by atoms with E-state index in [1.54, 1.807) is 37.2 Å². The van der Waals surface area contributed by atoms with Crippen LogP contribution in [0.5, 0.6) is 5.75 Å². The molecule has 1 aliphatic carbocycles. The fourth-order valence-corrected chi connectivity index (χ4v) is 6.30. The molecule has 0 saturated carbocycles. The van der Waals surface area contributed by atoms with E-state index in [0.717, 1.165) is 37.9 Å². The van der Waals surface area contributed by atoms with Gasteiger partial charge in [-0.05, 0) is 73.7 Å². The van der Waals surface area contributed by atoms with Gasteiger partial charge < -0.3 is 40.4 Å². The van der Waals surface area contributed by atoms with Gasteiger partial charge in [0.05, 0.1) is 24.9 Å². The van der Waals surface area contributed by atoms with Crippen molar-refractivity contribution in [3.05, 3.63) is 64.2 Å². The molecular formula is C31H39ClN2O10. The van der Waals surface area contributed by atoms with Gasteiger partial charge >= 0.3 is 17.9 Å². The Bertz CT molecular complexity index is 1360. The predicted octanol–water partition coefficient (Wildman–Crippen LogP) is 1.99. The molecule has 2 unspecified atom stereocenters. The molecular weight excluding hydrogens is 596 g/mol. The summed E-state index contributed by atoms with van der Waals surface area (Å²) in [4.78, 5) is 47.4. The molecule has 1 aliphatic heterocycles. The Labute approximate surface area is 260 Å². The SMILES string of the molecule is CN(C)C(=O)C(Cc1cc(O)ccc1Cl)CN1CCC2(CC1)c1ccccc1CC2O.O=C(O)CC(O)(CC(=O)O)C(=O)O. The third-order valence-corrected chi connectivity index (χ3v) is 8.77. The lowest BCUT2D eigenvalue weighted by molar-refractivity contribution is -0.170. The van der Waals surface area contributed by atoms with Crippen LogP contribution in [0.15, 0.2) is 42.5 Å².